The van der Waals surface area contributed by atoms with E-state index < -0.39 is 5.76 Å². The van der Waals surface area contributed by atoms with Gasteiger partial charge < -0.3 is 4.42 Å². The zero-order valence-corrected chi connectivity index (χ0v) is 8.31. The van der Waals surface area contributed by atoms with E-state index in [4.69, 9.17) is 4.42 Å². The Morgan fingerprint density at radius 1 is 1.12 bits per heavy atom. The number of H-pyrrole nitrogens is 1. The van der Waals surface area contributed by atoms with Crippen LogP contribution in [0.25, 0.3) is 22.4 Å². The van der Waals surface area contributed by atoms with Crippen molar-refractivity contribution in [2.45, 2.75) is 0 Å². The fraction of sp³-hybridized carbons (Fsp3) is 0. The molecule has 0 amide bonds. The van der Waals surface area contributed by atoms with Gasteiger partial charge in [0.1, 0.15) is 5.69 Å². The summed E-state index contributed by atoms with van der Waals surface area (Å²) in [5.74, 6) is -0.0132. The summed E-state index contributed by atoms with van der Waals surface area (Å²) in [4.78, 5) is 17.7. The quantitative estimate of drug-likeness (QED) is 0.672. The first kappa shape index (κ1) is 8.91. The number of aromatic amines is 1. The molecule has 16 heavy (non-hydrogen) atoms. The maximum Gasteiger partial charge on any atom is 0.416 e. The Kier molecular flexibility index (Phi) is 1.86. The van der Waals surface area contributed by atoms with Crippen molar-refractivity contribution < 1.29 is 4.42 Å². The molecule has 1 aromatic carbocycles. The second kappa shape index (κ2) is 3.34. The number of aromatic nitrogens is 2. The van der Waals surface area contributed by atoms with Crippen LogP contribution in [0.5, 0.6) is 0 Å². The molecule has 2 heterocycles. The van der Waals surface area contributed by atoms with Gasteiger partial charge in [0.05, 0.1) is 11.7 Å². The summed E-state index contributed by atoms with van der Waals surface area (Å²) in [7, 11) is 0. The van der Waals surface area contributed by atoms with Crippen molar-refractivity contribution in [3.8, 4) is 11.5 Å². The third-order valence-electron chi connectivity index (χ3n) is 2.37. The number of nitrogens with zero attached hydrogens (tertiary/aromatic N) is 1. The van der Waals surface area contributed by atoms with Gasteiger partial charge in [0, 0.05) is 5.39 Å². The smallest absolute Gasteiger partial charge is 0.406 e. The van der Waals surface area contributed by atoms with Gasteiger partial charge in [-0.1, -0.05) is 24.3 Å². The molecule has 0 bridgehead atoms. The minimum Gasteiger partial charge on any atom is -0.406 e. The molecule has 0 aliphatic heterocycles. The van der Waals surface area contributed by atoms with Crippen molar-refractivity contribution >= 4 is 10.9 Å². The molecule has 0 saturated heterocycles. The van der Waals surface area contributed by atoms with Gasteiger partial charge in [-0.25, -0.2) is 9.78 Å². The minimum atomic E-state index is -0.468. The molecule has 0 radical (unpaired) electrons. The molecule has 2 aromatic heterocycles. The highest BCUT2D eigenvalue weighted by Gasteiger charge is 2.05. The topological polar surface area (TPSA) is 58.9 Å². The van der Waals surface area contributed by atoms with Crippen LogP contribution in [-0.4, -0.2) is 9.97 Å². The second-order valence-corrected chi connectivity index (χ2v) is 3.43. The Morgan fingerprint density at radius 3 is 2.81 bits per heavy atom. The van der Waals surface area contributed by atoms with E-state index in [0.29, 0.717) is 11.5 Å². The Morgan fingerprint density at radius 2 is 2.00 bits per heavy atom. The summed E-state index contributed by atoms with van der Waals surface area (Å²) >= 11 is 0. The highest BCUT2D eigenvalue weighted by atomic mass is 16.4. The fourth-order valence-corrected chi connectivity index (χ4v) is 1.61. The van der Waals surface area contributed by atoms with E-state index in [1.807, 2.05) is 36.4 Å². The largest absolute Gasteiger partial charge is 0.416 e. The van der Waals surface area contributed by atoms with Crippen LogP contribution in [0.15, 0.2) is 51.8 Å². The van der Waals surface area contributed by atoms with Gasteiger partial charge in [0.2, 0.25) is 0 Å². The van der Waals surface area contributed by atoms with Crippen molar-refractivity contribution in [2.24, 2.45) is 0 Å². The number of fused-ring (bicyclic) bond motifs is 1. The number of nitrogens with one attached hydrogen (secondary N) is 1. The van der Waals surface area contributed by atoms with Crippen molar-refractivity contribution in [2.75, 3.05) is 0 Å². The Labute approximate surface area is 90.6 Å². The Bertz CT molecular complexity index is 697. The lowest BCUT2D eigenvalue weighted by Crippen LogP contribution is -1.92. The predicted octanol–water partition coefficient (Wildman–Crippen LogP) is 2.18. The lowest BCUT2D eigenvalue weighted by atomic mass is 10.2. The maximum atomic E-state index is 10.9. The monoisotopic (exact) mass is 212 g/mol. The molecule has 0 spiro atoms. The first-order chi connectivity index (χ1) is 7.83. The molecule has 0 atom stereocenters. The summed E-state index contributed by atoms with van der Waals surface area (Å²) in [5, 5.41) is 1.06. The van der Waals surface area contributed by atoms with Crippen LogP contribution < -0.4 is 5.76 Å². The van der Waals surface area contributed by atoms with Crippen molar-refractivity contribution in [3.05, 3.63) is 53.1 Å². The van der Waals surface area contributed by atoms with E-state index >= 15 is 0 Å². The van der Waals surface area contributed by atoms with E-state index in [1.165, 1.54) is 6.20 Å². The van der Waals surface area contributed by atoms with Gasteiger partial charge in [0.25, 0.3) is 0 Å². The molecule has 0 fully saturated rings. The predicted molar refractivity (Wildman–Crippen MR) is 60.1 cm³/mol. The molecule has 0 unspecified atom stereocenters. The summed E-state index contributed by atoms with van der Waals surface area (Å²) in [6.07, 6.45) is 1.51. The van der Waals surface area contributed by atoms with Crippen molar-refractivity contribution in [1.82, 2.24) is 9.97 Å². The Hall–Kier alpha value is -2.36. The van der Waals surface area contributed by atoms with Gasteiger partial charge >= 0.3 is 5.76 Å². The first-order valence-electron chi connectivity index (χ1n) is 4.87. The molecule has 0 aliphatic carbocycles. The second-order valence-electron chi connectivity index (χ2n) is 3.43. The molecule has 4 heteroatoms. The van der Waals surface area contributed by atoms with Gasteiger partial charge in [0.15, 0.2) is 5.76 Å². The summed E-state index contributed by atoms with van der Waals surface area (Å²) < 4.78 is 4.94. The molecule has 0 aliphatic rings. The molecule has 3 aromatic rings. The summed E-state index contributed by atoms with van der Waals surface area (Å²) in [5.41, 5.74) is 1.53. The van der Waals surface area contributed by atoms with Gasteiger partial charge in [-0.2, -0.15) is 0 Å². The molecule has 4 nitrogen and oxygen atoms in total. The van der Waals surface area contributed by atoms with Crippen LogP contribution in [0.2, 0.25) is 0 Å². The SMILES string of the molecule is O=c1[nH]cc(-c2ccc3ccccc3n2)o1. The van der Waals surface area contributed by atoms with Gasteiger partial charge in [-0.05, 0) is 12.1 Å². The van der Waals surface area contributed by atoms with E-state index in [2.05, 4.69) is 9.97 Å². The summed E-state index contributed by atoms with van der Waals surface area (Å²) in [6, 6.07) is 11.6. The number of oxazole rings is 1. The van der Waals surface area contributed by atoms with Crippen LogP contribution in [-0.2, 0) is 0 Å². The van der Waals surface area contributed by atoms with Crippen LogP contribution >= 0.6 is 0 Å². The number of para-hydroxylation sites is 1. The molecular formula is C12H8N2O2. The minimum absolute atomic E-state index is 0.454. The highest BCUT2D eigenvalue weighted by Crippen LogP contribution is 2.18. The molecule has 0 saturated carbocycles. The standard InChI is InChI=1S/C12H8N2O2/c15-12-13-7-11(16-12)10-6-5-8-3-1-2-4-9(8)14-10/h1-7H,(H,13,15). The van der Waals surface area contributed by atoms with Crippen LogP contribution in [0.4, 0.5) is 0 Å². The maximum absolute atomic E-state index is 10.9. The average Bonchev–Trinajstić information content (AvgIpc) is 2.75. The number of hydrogen-bond acceptors (Lipinski definition) is 3. The van der Waals surface area contributed by atoms with E-state index in [-0.39, 0.29) is 0 Å². The highest BCUT2D eigenvalue weighted by molar-refractivity contribution is 5.80. The third-order valence-corrected chi connectivity index (χ3v) is 2.37. The average molecular weight is 212 g/mol. The Balaban J connectivity index is 2.22. The molecular weight excluding hydrogens is 204 g/mol. The van der Waals surface area contributed by atoms with Gasteiger partial charge in [-0.3, -0.25) is 4.98 Å². The fourth-order valence-electron chi connectivity index (χ4n) is 1.61. The van der Waals surface area contributed by atoms with Gasteiger partial charge in [-0.15, -0.1) is 0 Å². The molecule has 1 N–H and O–H groups in total. The number of benzene rings is 1. The number of rotatable bonds is 1. The van der Waals surface area contributed by atoms with E-state index in [1.54, 1.807) is 0 Å². The van der Waals surface area contributed by atoms with Crippen LogP contribution in [0.3, 0.4) is 0 Å². The molecule has 78 valence electrons. The zero-order chi connectivity index (χ0) is 11.0. The van der Waals surface area contributed by atoms with Crippen molar-refractivity contribution in [1.29, 1.82) is 0 Å². The first-order valence-corrected chi connectivity index (χ1v) is 4.87. The van der Waals surface area contributed by atoms with E-state index in [9.17, 15) is 4.79 Å². The van der Waals surface area contributed by atoms with Crippen molar-refractivity contribution in [3.63, 3.8) is 0 Å². The lowest BCUT2D eigenvalue weighted by Gasteiger charge is -1.98. The number of pyridine rings is 1. The van der Waals surface area contributed by atoms with Crippen LogP contribution in [0, 0.1) is 0 Å². The lowest BCUT2D eigenvalue weighted by molar-refractivity contribution is 0.527. The summed E-state index contributed by atoms with van der Waals surface area (Å²) in [6.45, 7) is 0. The van der Waals surface area contributed by atoms with E-state index in [0.717, 1.165) is 10.9 Å². The molecule has 3 rings (SSSR count). The zero-order valence-electron chi connectivity index (χ0n) is 8.31. The third kappa shape index (κ3) is 1.40. The van der Waals surface area contributed by atoms with Crippen LogP contribution in [0.1, 0.15) is 0 Å². The normalized spacial score (nSPS) is 10.8. The number of hydrogen-bond donors (Lipinski definition) is 1.